The van der Waals surface area contributed by atoms with Gasteiger partial charge in [-0.3, -0.25) is 4.99 Å². The number of rotatable bonds is 5. The second-order valence-corrected chi connectivity index (χ2v) is 8.72. The molecule has 2 aromatic carbocycles. The molecule has 4 rings (SSSR count). The number of benzene rings is 2. The van der Waals surface area contributed by atoms with Gasteiger partial charge in [0.2, 0.25) is 10.0 Å². The van der Waals surface area contributed by atoms with Crippen molar-refractivity contribution in [2.45, 2.75) is 23.3 Å². The smallest absolute Gasteiger partial charge is 0.383 e. The molecule has 7 N–H and O–H groups in total. The van der Waals surface area contributed by atoms with Crippen LogP contribution in [-0.2, 0) is 16.2 Å². The van der Waals surface area contributed by atoms with Crippen LogP contribution in [0.5, 0.6) is 0 Å². The van der Waals surface area contributed by atoms with Gasteiger partial charge in [-0.2, -0.15) is 18.6 Å². The van der Waals surface area contributed by atoms with E-state index in [1.807, 2.05) is 0 Å². The lowest BCUT2D eigenvalue weighted by molar-refractivity contribution is -0.140. The summed E-state index contributed by atoms with van der Waals surface area (Å²) in [6.07, 6.45) is -6.17. The number of amidine groups is 1. The van der Waals surface area contributed by atoms with E-state index in [9.17, 15) is 21.6 Å². The summed E-state index contributed by atoms with van der Waals surface area (Å²) >= 11 is 0. The molecule has 2 heterocycles. The molecule has 0 bridgehead atoms. The minimum absolute atomic E-state index is 0.0970. The molecule has 0 saturated carbocycles. The Morgan fingerprint density at radius 1 is 1.12 bits per heavy atom. The Morgan fingerprint density at radius 3 is 2.31 bits per heavy atom. The number of alkyl halides is 3. The van der Waals surface area contributed by atoms with Crippen molar-refractivity contribution < 1.29 is 21.6 Å². The van der Waals surface area contributed by atoms with Gasteiger partial charge in [-0.25, -0.2) is 19.1 Å². The van der Waals surface area contributed by atoms with Crippen LogP contribution >= 0.6 is 0 Å². The lowest BCUT2D eigenvalue weighted by atomic mass is 9.94. The summed E-state index contributed by atoms with van der Waals surface area (Å²) in [7, 11) is -4.78. The van der Waals surface area contributed by atoms with Crippen LogP contribution in [0.25, 0.3) is 11.1 Å². The molecule has 170 valence electrons. The number of hydrazine groups is 1. The van der Waals surface area contributed by atoms with E-state index in [2.05, 4.69) is 31.6 Å². The van der Waals surface area contributed by atoms with Gasteiger partial charge in [-0.15, -0.1) is 5.11 Å². The maximum atomic E-state index is 13.6. The maximum absolute atomic E-state index is 13.6. The quantitative estimate of drug-likeness (QED) is 0.327. The zero-order valence-electron chi connectivity index (χ0n) is 16.4. The minimum atomic E-state index is -4.95. The molecule has 2 aliphatic heterocycles. The van der Waals surface area contributed by atoms with Crippen LogP contribution in [0.15, 0.2) is 56.6 Å². The van der Waals surface area contributed by atoms with Crippen LogP contribution in [-0.4, -0.2) is 33.4 Å². The molecule has 0 amide bonds. The van der Waals surface area contributed by atoms with Gasteiger partial charge in [0.1, 0.15) is 10.7 Å². The molecule has 10 nitrogen and oxygen atoms in total. The van der Waals surface area contributed by atoms with Gasteiger partial charge in [0.05, 0.1) is 11.6 Å². The van der Waals surface area contributed by atoms with E-state index >= 15 is 0 Å². The Kier molecular flexibility index (Phi) is 5.62. The fraction of sp³-hybridized carbons (Fsp3) is 0.278. The third-order valence-corrected chi connectivity index (χ3v) is 6.07. The summed E-state index contributed by atoms with van der Waals surface area (Å²) in [5, 5.41) is 15.5. The lowest BCUT2D eigenvalue weighted by Gasteiger charge is -2.23. The molecule has 2 aliphatic rings. The van der Waals surface area contributed by atoms with Crippen LogP contribution < -0.4 is 27.2 Å². The van der Waals surface area contributed by atoms with Crippen molar-refractivity contribution in [3.8, 4) is 11.1 Å². The first kappa shape index (κ1) is 22.1. The first-order valence-electron chi connectivity index (χ1n) is 9.38. The van der Waals surface area contributed by atoms with E-state index in [-0.39, 0.29) is 17.2 Å². The van der Waals surface area contributed by atoms with Gasteiger partial charge in [-0.1, -0.05) is 35.6 Å². The van der Waals surface area contributed by atoms with E-state index < -0.39 is 32.8 Å². The number of nitrogens with one attached hydrogen (secondary N) is 3. The zero-order valence-corrected chi connectivity index (χ0v) is 17.2. The monoisotopic (exact) mass is 468 g/mol. The standard InChI is InChI=1S/C18H19F3N8O2S/c19-18(20,21)13-6-5-12(14(15(13)32(23,30)31)17-26-28-29-27-17)9-1-3-10(4-2-9)16(22)25-11-7-24-8-11/h1-6,11,17,24H,7-8H2,(H2,22,25)(H,26,29)(H,27,28)(H2,23,30,31). The van der Waals surface area contributed by atoms with Crippen LogP contribution in [0, 0.1) is 0 Å². The number of hydrogen-bond donors (Lipinski definition) is 5. The highest BCUT2D eigenvalue weighted by Crippen LogP contribution is 2.42. The van der Waals surface area contributed by atoms with Crippen molar-refractivity contribution in [3.63, 3.8) is 0 Å². The highest BCUT2D eigenvalue weighted by molar-refractivity contribution is 7.89. The molecule has 0 aromatic heterocycles. The van der Waals surface area contributed by atoms with Gasteiger partial charge in [0.25, 0.3) is 0 Å². The third-order valence-electron chi connectivity index (χ3n) is 5.06. The molecule has 14 heteroatoms. The van der Waals surface area contributed by atoms with Crippen molar-refractivity contribution in [1.82, 2.24) is 16.3 Å². The Hall–Kier alpha value is -3.07. The van der Waals surface area contributed by atoms with Gasteiger partial charge in [0.15, 0.2) is 6.17 Å². The first-order valence-corrected chi connectivity index (χ1v) is 10.9. The van der Waals surface area contributed by atoms with Crippen LogP contribution in [0.2, 0.25) is 0 Å². The molecule has 1 atom stereocenters. The van der Waals surface area contributed by atoms with Crippen molar-refractivity contribution in [1.29, 1.82) is 0 Å². The first-order chi connectivity index (χ1) is 15.1. The fourth-order valence-electron chi connectivity index (χ4n) is 3.44. The summed E-state index contributed by atoms with van der Waals surface area (Å²) in [6.45, 7) is 1.47. The van der Waals surface area contributed by atoms with Crippen LogP contribution in [0.1, 0.15) is 22.9 Å². The van der Waals surface area contributed by atoms with E-state index in [1.165, 1.54) is 6.07 Å². The number of sulfonamides is 1. The topological polar surface area (TPSA) is 159 Å². The molecule has 1 fully saturated rings. The normalized spacial score (nSPS) is 19.6. The number of hydrogen-bond acceptors (Lipinski definition) is 8. The Morgan fingerprint density at radius 2 is 1.81 bits per heavy atom. The van der Waals surface area contributed by atoms with E-state index in [1.54, 1.807) is 24.3 Å². The number of aliphatic imine (C=N–C) groups is 1. The summed E-state index contributed by atoms with van der Waals surface area (Å²) in [6, 6.07) is 8.48. The van der Waals surface area contributed by atoms with Crippen LogP contribution in [0.3, 0.4) is 0 Å². The molecule has 0 spiro atoms. The predicted molar refractivity (Wildman–Crippen MR) is 110 cm³/mol. The molecule has 0 radical (unpaired) electrons. The SMILES string of the molecule is NC(=NC1CNC1)c1ccc(-c2ccc(C(F)(F)F)c(S(N)(=O)=O)c2C2N=NNN2)cc1. The molecular formula is C18H19F3N8O2S. The lowest BCUT2D eigenvalue weighted by Crippen LogP contribution is -2.46. The molecule has 1 saturated heterocycles. The zero-order chi connectivity index (χ0) is 23.1. The number of primary sulfonamides is 1. The van der Waals surface area contributed by atoms with Gasteiger partial charge >= 0.3 is 6.18 Å². The number of halogens is 3. The number of nitrogens with two attached hydrogens (primary N) is 2. The second kappa shape index (κ2) is 8.12. The van der Waals surface area contributed by atoms with Crippen molar-refractivity contribution >= 4 is 15.9 Å². The third kappa shape index (κ3) is 4.29. The van der Waals surface area contributed by atoms with Crippen molar-refractivity contribution in [3.05, 3.63) is 53.1 Å². The van der Waals surface area contributed by atoms with Crippen LogP contribution in [0.4, 0.5) is 13.2 Å². The predicted octanol–water partition coefficient (Wildman–Crippen LogP) is 1.17. The fourth-order valence-corrected chi connectivity index (χ4v) is 4.46. The van der Waals surface area contributed by atoms with Gasteiger partial charge in [-0.05, 0) is 17.2 Å². The second-order valence-electron chi connectivity index (χ2n) is 7.22. The van der Waals surface area contributed by atoms with E-state index in [4.69, 9.17) is 10.9 Å². The molecule has 2 aromatic rings. The van der Waals surface area contributed by atoms with Gasteiger partial charge in [0, 0.05) is 24.2 Å². The summed E-state index contributed by atoms with van der Waals surface area (Å²) in [5.74, 6) is 0.330. The summed E-state index contributed by atoms with van der Waals surface area (Å²) in [5.41, 5.74) is 10.4. The van der Waals surface area contributed by atoms with Crippen molar-refractivity contribution in [2.75, 3.05) is 13.1 Å². The van der Waals surface area contributed by atoms with E-state index in [0.717, 1.165) is 13.1 Å². The van der Waals surface area contributed by atoms with E-state index in [0.29, 0.717) is 23.0 Å². The molecule has 32 heavy (non-hydrogen) atoms. The van der Waals surface area contributed by atoms with Crippen molar-refractivity contribution in [2.24, 2.45) is 26.2 Å². The van der Waals surface area contributed by atoms with Gasteiger partial charge < -0.3 is 11.1 Å². The maximum Gasteiger partial charge on any atom is 0.417 e. The minimum Gasteiger partial charge on any atom is -0.383 e. The Bertz CT molecular complexity index is 1190. The average Bonchev–Trinajstić information content (AvgIpc) is 3.23. The molecular weight excluding hydrogens is 449 g/mol. The molecule has 1 unspecified atom stereocenters. The average molecular weight is 468 g/mol. The summed E-state index contributed by atoms with van der Waals surface area (Å²) < 4.78 is 65.4. The highest BCUT2D eigenvalue weighted by atomic mass is 32.2. The number of nitrogens with zero attached hydrogens (tertiary/aromatic N) is 3. The Balaban J connectivity index is 1.85. The summed E-state index contributed by atoms with van der Waals surface area (Å²) in [4.78, 5) is 3.32. The highest BCUT2D eigenvalue weighted by Gasteiger charge is 2.40. The Labute approximate surface area is 181 Å². The largest absolute Gasteiger partial charge is 0.417 e. The molecule has 0 aliphatic carbocycles.